The zero-order valence-electron chi connectivity index (χ0n) is 13.2. The fourth-order valence-corrected chi connectivity index (χ4v) is 5.62. The molecule has 0 aliphatic carbocycles. The summed E-state index contributed by atoms with van der Waals surface area (Å²) in [7, 11) is 4.15. The summed E-state index contributed by atoms with van der Waals surface area (Å²) in [6, 6.07) is 7.81. The molecule has 1 unspecified atom stereocenters. The Morgan fingerprint density at radius 3 is 2.50 bits per heavy atom. The number of unbranched alkanes of at least 4 members (excludes halogenated alkanes) is 1. The number of imidazole rings is 1. The van der Waals surface area contributed by atoms with Crippen LogP contribution < -0.4 is 4.67 Å². The maximum absolute atomic E-state index is 6.15. The first kappa shape index (κ1) is 17.5. The normalized spacial score (nSPS) is 14.0. The number of rotatable bonds is 7. The zero-order valence-corrected chi connectivity index (χ0v) is 15.7. The summed E-state index contributed by atoms with van der Waals surface area (Å²) >= 11 is 12.1. The standard InChI is InChI=1S/C15H22ClN4PS/c1-4-5-11-18(2)21(22,20-12-10-17-13-20)19(3)15-8-6-14(16)7-9-15/h6-10,12-13H,4-5,11H2,1-3H3. The first-order valence-electron chi connectivity index (χ1n) is 7.30. The van der Waals surface area contributed by atoms with Gasteiger partial charge in [-0.3, -0.25) is 4.34 Å². The van der Waals surface area contributed by atoms with Gasteiger partial charge in [0.25, 0.3) is 0 Å². The average Bonchev–Trinajstić information content (AvgIpc) is 3.06. The maximum atomic E-state index is 6.15. The molecule has 0 amide bonds. The first-order chi connectivity index (χ1) is 10.5. The zero-order chi connectivity index (χ0) is 16.2. The highest BCUT2D eigenvalue weighted by Gasteiger charge is 2.29. The molecule has 0 aliphatic heterocycles. The largest absolute Gasteiger partial charge is 0.319 e. The molecular weight excluding hydrogens is 335 g/mol. The van der Waals surface area contributed by atoms with Crippen molar-refractivity contribution in [1.82, 2.24) is 14.0 Å². The number of aromatic nitrogens is 2. The summed E-state index contributed by atoms with van der Waals surface area (Å²) in [6.07, 6.45) is 7.82. The predicted octanol–water partition coefficient (Wildman–Crippen LogP) is 4.48. The van der Waals surface area contributed by atoms with Gasteiger partial charge in [-0.2, -0.15) is 0 Å². The maximum Gasteiger partial charge on any atom is 0.198 e. The molecule has 0 aliphatic rings. The van der Waals surface area contributed by atoms with Crippen LogP contribution >= 0.6 is 18.1 Å². The molecule has 120 valence electrons. The molecule has 0 bridgehead atoms. The van der Waals surface area contributed by atoms with Crippen molar-refractivity contribution in [3.63, 3.8) is 0 Å². The van der Waals surface area contributed by atoms with E-state index in [1.165, 1.54) is 0 Å². The Balaban J connectivity index is 2.40. The van der Waals surface area contributed by atoms with Crippen LogP contribution in [-0.2, 0) is 11.8 Å². The molecule has 1 heterocycles. The second-order valence-corrected chi connectivity index (χ2v) is 9.87. The molecule has 0 N–H and O–H groups in total. The molecule has 0 fully saturated rings. The van der Waals surface area contributed by atoms with Crippen LogP contribution in [0.2, 0.25) is 5.02 Å². The average molecular weight is 357 g/mol. The summed E-state index contributed by atoms with van der Waals surface area (Å²) in [6.45, 7) is 0.992. The van der Waals surface area contributed by atoms with Crippen LogP contribution in [0.25, 0.3) is 0 Å². The van der Waals surface area contributed by atoms with Crippen LogP contribution in [0.4, 0.5) is 5.69 Å². The van der Waals surface area contributed by atoms with Crippen molar-refractivity contribution in [3.05, 3.63) is 48.0 Å². The van der Waals surface area contributed by atoms with Crippen LogP contribution in [0.5, 0.6) is 0 Å². The summed E-state index contributed by atoms with van der Waals surface area (Å²) in [5.74, 6) is 0. The monoisotopic (exact) mass is 356 g/mol. The highest BCUT2D eigenvalue weighted by Crippen LogP contribution is 2.54. The van der Waals surface area contributed by atoms with E-state index in [0.717, 1.165) is 30.1 Å². The van der Waals surface area contributed by atoms with E-state index < -0.39 is 6.49 Å². The van der Waals surface area contributed by atoms with Gasteiger partial charge in [0.1, 0.15) is 6.33 Å². The minimum Gasteiger partial charge on any atom is -0.319 e. The summed E-state index contributed by atoms with van der Waals surface area (Å²) in [5.41, 5.74) is 1.06. The van der Waals surface area contributed by atoms with Crippen LogP contribution in [0, 0.1) is 0 Å². The van der Waals surface area contributed by atoms with Crippen molar-refractivity contribution in [1.29, 1.82) is 0 Å². The predicted molar refractivity (Wildman–Crippen MR) is 99.3 cm³/mol. The molecule has 0 radical (unpaired) electrons. The van der Waals surface area contributed by atoms with Crippen molar-refractivity contribution < 1.29 is 0 Å². The van der Waals surface area contributed by atoms with Gasteiger partial charge in [0.15, 0.2) is 6.49 Å². The number of halogens is 1. The molecule has 1 aromatic carbocycles. The summed E-state index contributed by atoms with van der Waals surface area (Å²) in [4.78, 5) is 4.19. The van der Waals surface area contributed by atoms with Crippen molar-refractivity contribution in [2.75, 3.05) is 25.3 Å². The van der Waals surface area contributed by atoms with E-state index in [1.807, 2.05) is 43.8 Å². The SMILES string of the molecule is CCCCN(C)P(=S)(N(C)c1ccc(Cl)cc1)n1ccnc1. The summed E-state index contributed by atoms with van der Waals surface area (Å²) in [5, 5.41) is 0.729. The second-order valence-electron chi connectivity index (χ2n) is 5.19. The Morgan fingerprint density at radius 2 is 1.95 bits per heavy atom. The van der Waals surface area contributed by atoms with Gasteiger partial charge in [-0.25, -0.2) is 9.65 Å². The van der Waals surface area contributed by atoms with Crippen LogP contribution in [0.3, 0.4) is 0 Å². The third-order valence-electron chi connectivity index (χ3n) is 3.66. The number of hydrogen-bond acceptors (Lipinski definition) is 2. The van der Waals surface area contributed by atoms with E-state index in [9.17, 15) is 0 Å². The minimum atomic E-state index is -2.16. The number of benzene rings is 1. The fraction of sp³-hybridized carbons (Fsp3) is 0.400. The van der Waals surface area contributed by atoms with E-state index in [-0.39, 0.29) is 0 Å². The molecule has 22 heavy (non-hydrogen) atoms. The van der Waals surface area contributed by atoms with Gasteiger partial charge in [-0.05, 0) is 49.5 Å². The van der Waals surface area contributed by atoms with Crippen LogP contribution in [0.1, 0.15) is 19.8 Å². The van der Waals surface area contributed by atoms with E-state index >= 15 is 0 Å². The highest BCUT2D eigenvalue weighted by molar-refractivity contribution is 8.13. The molecule has 1 atom stereocenters. The highest BCUT2D eigenvalue weighted by atomic mass is 35.5. The molecule has 0 saturated heterocycles. The Kier molecular flexibility index (Phi) is 6.04. The molecule has 7 heteroatoms. The van der Waals surface area contributed by atoms with Gasteiger partial charge >= 0.3 is 0 Å². The molecule has 4 nitrogen and oxygen atoms in total. The lowest BCUT2D eigenvalue weighted by Crippen LogP contribution is -2.30. The topological polar surface area (TPSA) is 24.3 Å². The molecular formula is C15H22ClN4PS. The molecule has 2 aromatic rings. The Hall–Kier alpha value is -0.870. The quantitative estimate of drug-likeness (QED) is 0.683. The summed E-state index contributed by atoms with van der Waals surface area (Å²) < 4.78 is 6.52. The van der Waals surface area contributed by atoms with Crippen molar-refractivity contribution in [2.24, 2.45) is 0 Å². The number of hydrogen-bond donors (Lipinski definition) is 0. The van der Waals surface area contributed by atoms with Gasteiger partial charge in [-0.15, -0.1) is 0 Å². The molecule has 1 aromatic heterocycles. The lowest BCUT2D eigenvalue weighted by atomic mass is 10.3. The van der Waals surface area contributed by atoms with Gasteiger partial charge in [0, 0.05) is 36.7 Å². The van der Waals surface area contributed by atoms with Crippen LogP contribution in [0.15, 0.2) is 43.0 Å². The lowest BCUT2D eigenvalue weighted by molar-refractivity contribution is 0.513. The van der Waals surface area contributed by atoms with E-state index in [0.29, 0.717) is 0 Å². The van der Waals surface area contributed by atoms with Crippen molar-refractivity contribution >= 4 is 35.6 Å². The Bertz CT molecular complexity index is 630. The van der Waals surface area contributed by atoms with E-state index in [1.54, 1.807) is 6.20 Å². The van der Waals surface area contributed by atoms with Crippen LogP contribution in [-0.4, -0.2) is 34.6 Å². The molecule has 0 spiro atoms. The smallest absolute Gasteiger partial charge is 0.198 e. The number of nitrogens with zero attached hydrogens (tertiary/aromatic N) is 4. The molecule has 2 rings (SSSR count). The fourth-order valence-electron chi connectivity index (χ4n) is 2.29. The van der Waals surface area contributed by atoms with Gasteiger partial charge in [0.2, 0.25) is 0 Å². The third kappa shape index (κ3) is 3.54. The second kappa shape index (κ2) is 7.60. The first-order valence-corrected chi connectivity index (χ1v) is 10.3. The minimum absolute atomic E-state index is 0.729. The van der Waals surface area contributed by atoms with Crippen molar-refractivity contribution in [3.8, 4) is 0 Å². The number of anilines is 1. The Morgan fingerprint density at radius 1 is 1.27 bits per heavy atom. The van der Waals surface area contributed by atoms with Gasteiger partial charge < -0.3 is 4.67 Å². The van der Waals surface area contributed by atoms with Gasteiger partial charge in [-0.1, -0.05) is 24.9 Å². The van der Waals surface area contributed by atoms with E-state index in [4.69, 9.17) is 23.4 Å². The van der Waals surface area contributed by atoms with Crippen molar-refractivity contribution in [2.45, 2.75) is 19.8 Å². The van der Waals surface area contributed by atoms with E-state index in [2.05, 4.69) is 32.6 Å². The van der Waals surface area contributed by atoms with Gasteiger partial charge in [0.05, 0.1) is 0 Å². The lowest BCUT2D eigenvalue weighted by Gasteiger charge is -2.40. The third-order valence-corrected chi connectivity index (χ3v) is 8.99. The molecule has 0 saturated carbocycles. The Labute approximate surface area is 142 Å².